The van der Waals surface area contributed by atoms with Gasteiger partial charge in [-0.2, -0.15) is 0 Å². The molecule has 0 unspecified atom stereocenters. The van der Waals surface area contributed by atoms with Crippen LogP contribution in [0.5, 0.6) is 0 Å². The zero-order valence-corrected chi connectivity index (χ0v) is 40.2. The lowest BCUT2D eigenvalue weighted by Crippen LogP contribution is -2.26. The molecule has 4 heteroatoms. The minimum Gasteiger partial charge on any atom is -0.355 e. The highest BCUT2D eigenvalue weighted by atomic mass is 19.1. The van der Waals surface area contributed by atoms with Crippen molar-refractivity contribution in [2.45, 2.75) is 44.9 Å². The summed E-state index contributed by atoms with van der Waals surface area (Å²) in [6.45, 7) is 8.92. The van der Waals surface area contributed by atoms with Crippen molar-refractivity contribution in [3.63, 3.8) is 0 Å². The molecule has 2 aliphatic carbocycles. The predicted octanol–water partition coefficient (Wildman–Crippen LogP) is 18.9. The zero-order chi connectivity index (χ0) is 48.4. The number of anilines is 5. The first-order valence-electron chi connectivity index (χ1n) is 24.7. The summed E-state index contributed by atoms with van der Waals surface area (Å²) in [6.07, 6.45) is 0. The Labute approximate surface area is 414 Å². The van der Waals surface area contributed by atoms with Crippen molar-refractivity contribution >= 4 is 60.8 Å². The van der Waals surface area contributed by atoms with E-state index in [1.54, 1.807) is 30.3 Å². The van der Waals surface area contributed by atoms with Crippen LogP contribution in [0.4, 0.5) is 37.2 Å². The molecule has 0 fully saturated rings. The normalized spacial score (nSPS) is 12.7. The van der Waals surface area contributed by atoms with Gasteiger partial charge in [0.2, 0.25) is 0 Å². The summed E-state index contributed by atoms with van der Waals surface area (Å²) in [5, 5.41) is 11.2. The molecular formula is C67H52F2N2. The Morgan fingerprint density at radius 2 is 0.859 bits per heavy atom. The van der Waals surface area contributed by atoms with Gasteiger partial charge in [0.25, 0.3) is 0 Å². The Kier molecular flexibility index (Phi) is 10.9. The Morgan fingerprint density at radius 3 is 1.45 bits per heavy atom. The highest BCUT2D eigenvalue weighted by Crippen LogP contribution is 2.67. The molecule has 0 radical (unpaired) electrons. The van der Waals surface area contributed by atoms with Crippen LogP contribution in [0.2, 0.25) is 0 Å². The molecule has 0 aliphatic heterocycles. The van der Waals surface area contributed by atoms with E-state index in [4.69, 9.17) is 0 Å². The van der Waals surface area contributed by atoms with Crippen molar-refractivity contribution in [1.82, 2.24) is 0 Å². The van der Waals surface area contributed by atoms with Gasteiger partial charge in [-0.05, 0) is 173 Å². The number of hydrogen-bond donors (Lipinski definition) is 1. The predicted molar refractivity (Wildman–Crippen MR) is 294 cm³/mol. The van der Waals surface area contributed by atoms with E-state index in [2.05, 4.69) is 208 Å². The fourth-order valence-electron chi connectivity index (χ4n) is 11.5. The van der Waals surface area contributed by atoms with Crippen molar-refractivity contribution in [2.24, 2.45) is 0 Å². The monoisotopic (exact) mass is 922 g/mol. The Morgan fingerprint density at radius 1 is 0.380 bits per heavy atom. The van der Waals surface area contributed by atoms with Crippen molar-refractivity contribution in [1.29, 1.82) is 0 Å². The lowest BCUT2D eigenvalue weighted by Gasteiger charge is -2.33. The Hall–Kier alpha value is -8.34. The van der Waals surface area contributed by atoms with E-state index >= 15 is 0 Å². The molecule has 0 aromatic heterocycles. The summed E-state index contributed by atoms with van der Waals surface area (Å²) in [4.78, 5) is 2.26. The molecule has 1 N–H and O–H groups in total. The van der Waals surface area contributed by atoms with Gasteiger partial charge in [-0.1, -0.05) is 173 Å². The van der Waals surface area contributed by atoms with Gasteiger partial charge in [0.05, 0.1) is 5.41 Å². The van der Waals surface area contributed by atoms with E-state index in [1.165, 1.54) is 100 Å². The van der Waals surface area contributed by atoms with Crippen LogP contribution < -0.4 is 10.2 Å². The van der Waals surface area contributed by atoms with Crippen LogP contribution in [0, 0.1) is 11.6 Å². The van der Waals surface area contributed by atoms with Crippen molar-refractivity contribution in [2.75, 3.05) is 10.2 Å². The molecule has 344 valence electrons. The van der Waals surface area contributed by atoms with E-state index in [0.29, 0.717) is 11.8 Å². The summed E-state index contributed by atoms with van der Waals surface area (Å²) < 4.78 is 26.4. The average Bonchev–Trinajstić information content (AvgIpc) is 3.89. The van der Waals surface area contributed by atoms with Crippen LogP contribution in [0.25, 0.3) is 54.6 Å². The van der Waals surface area contributed by atoms with E-state index in [0.717, 1.165) is 28.4 Å². The van der Waals surface area contributed by atoms with Crippen LogP contribution in [-0.2, 0) is 5.41 Å². The molecule has 71 heavy (non-hydrogen) atoms. The van der Waals surface area contributed by atoms with E-state index in [9.17, 15) is 8.78 Å². The third-order valence-corrected chi connectivity index (χ3v) is 14.8. The van der Waals surface area contributed by atoms with Crippen LogP contribution in [-0.4, -0.2) is 0 Å². The number of fused-ring (bicyclic) bond motifs is 17. The fraction of sp³-hybridized carbons (Fsp3) is 0.104. The number of nitrogens with zero attached hydrogens (tertiary/aromatic N) is 1. The quantitative estimate of drug-likeness (QED) is 0.160. The third kappa shape index (κ3) is 7.19. The second kappa shape index (κ2) is 17.6. The molecule has 11 aromatic rings. The molecule has 11 aromatic carbocycles. The number of benzene rings is 11. The summed E-state index contributed by atoms with van der Waals surface area (Å²) in [5.41, 5.74) is 17.4. The lowest BCUT2D eigenvalue weighted by atomic mass is 9.68. The lowest BCUT2D eigenvalue weighted by molar-refractivity contribution is 0.627. The highest BCUT2D eigenvalue weighted by Gasteiger charge is 2.54. The molecule has 0 atom stereocenters. The first-order chi connectivity index (χ1) is 34.7. The topological polar surface area (TPSA) is 15.3 Å². The average molecular weight is 923 g/mol. The minimum absolute atomic E-state index is 0.178. The Bertz CT molecular complexity index is 3760. The molecule has 0 bridgehead atoms. The Balaban J connectivity index is 0.000000683. The molecule has 1 spiro atoms. The van der Waals surface area contributed by atoms with E-state index in [1.807, 2.05) is 12.1 Å². The van der Waals surface area contributed by atoms with Crippen LogP contribution in [0.15, 0.2) is 224 Å². The van der Waals surface area contributed by atoms with Gasteiger partial charge in [-0.25, -0.2) is 8.78 Å². The van der Waals surface area contributed by atoms with Gasteiger partial charge in [0, 0.05) is 33.8 Å². The smallest absolute Gasteiger partial charge is 0.123 e. The number of halogens is 2. The van der Waals surface area contributed by atoms with Crippen LogP contribution >= 0.6 is 0 Å². The molecule has 0 heterocycles. The SMILES string of the molecule is CC(C)c1ccc(Nc2cc3c(c4ccccc24)C2(c4ccccc4-c4ccccc42)c2c-3c3ccccc3c3cc(N(c4ccc(F)cc4)c4ccc(C(C)C)cc4)ccc23)cc1.Fc1ccccc1. The fourth-order valence-corrected chi connectivity index (χ4v) is 11.5. The largest absolute Gasteiger partial charge is 0.355 e. The van der Waals surface area contributed by atoms with Crippen molar-refractivity contribution in [3.05, 3.63) is 269 Å². The summed E-state index contributed by atoms with van der Waals surface area (Å²) in [6, 6.07) is 78.1. The van der Waals surface area contributed by atoms with Crippen LogP contribution in [0.1, 0.15) is 72.9 Å². The zero-order valence-electron chi connectivity index (χ0n) is 40.2. The molecule has 0 amide bonds. The van der Waals surface area contributed by atoms with Crippen LogP contribution in [0.3, 0.4) is 0 Å². The van der Waals surface area contributed by atoms with Crippen molar-refractivity contribution < 1.29 is 8.78 Å². The summed E-state index contributed by atoms with van der Waals surface area (Å²) in [5.74, 6) is 0.435. The molecular weight excluding hydrogens is 871 g/mol. The number of nitrogens with one attached hydrogen (secondary N) is 1. The molecule has 2 nitrogen and oxygen atoms in total. The van der Waals surface area contributed by atoms with Gasteiger partial charge < -0.3 is 10.2 Å². The first-order valence-corrected chi connectivity index (χ1v) is 24.7. The van der Waals surface area contributed by atoms with Crippen molar-refractivity contribution in [3.8, 4) is 22.3 Å². The second-order valence-electron chi connectivity index (χ2n) is 19.5. The minimum atomic E-state index is -0.609. The van der Waals surface area contributed by atoms with Gasteiger partial charge in [-0.15, -0.1) is 0 Å². The van der Waals surface area contributed by atoms with Gasteiger partial charge in [0.1, 0.15) is 11.6 Å². The number of rotatable bonds is 7. The third-order valence-electron chi connectivity index (χ3n) is 14.8. The standard InChI is InChI=1S/C61H47FN2.C6H5F/c1-37(2)39-21-27-42(28-22-39)63-57-36-54-58-50-17-7-5-13-46(50)53-35-45(64(44-31-25-41(62)26-32-44)43-29-23-40(24-30-43)38(3)4)33-34-52(53)60(58)61(59(54)51-18-8-6-16-49(51)57)55-19-11-9-14-47(55)48-15-10-12-20-56(48)61;7-6-4-2-1-3-5-6/h5-38,63H,1-4H3;1-5H. The number of hydrogen-bond acceptors (Lipinski definition) is 2. The second-order valence-corrected chi connectivity index (χ2v) is 19.5. The molecule has 2 aliphatic rings. The highest BCUT2D eigenvalue weighted by molar-refractivity contribution is 6.23. The molecule has 0 saturated heterocycles. The molecule has 0 saturated carbocycles. The maximum absolute atomic E-state index is 14.5. The van der Waals surface area contributed by atoms with Gasteiger partial charge in [0.15, 0.2) is 0 Å². The van der Waals surface area contributed by atoms with E-state index in [-0.39, 0.29) is 11.6 Å². The van der Waals surface area contributed by atoms with E-state index < -0.39 is 5.41 Å². The van der Waals surface area contributed by atoms with Gasteiger partial charge in [-0.3, -0.25) is 0 Å². The maximum Gasteiger partial charge on any atom is 0.123 e. The summed E-state index contributed by atoms with van der Waals surface area (Å²) in [7, 11) is 0. The summed E-state index contributed by atoms with van der Waals surface area (Å²) >= 11 is 0. The van der Waals surface area contributed by atoms with Gasteiger partial charge >= 0.3 is 0 Å². The first kappa shape index (κ1) is 43.9. The maximum atomic E-state index is 14.5. The molecule has 13 rings (SSSR count).